The van der Waals surface area contributed by atoms with E-state index in [9.17, 15) is 14.7 Å². The first kappa shape index (κ1) is 16.0. The maximum Gasteiger partial charge on any atom is 0.261 e. The van der Waals surface area contributed by atoms with E-state index < -0.39 is 11.5 Å². The van der Waals surface area contributed by atoms with Gasteiger partial charge in [-0.25, -0.2) is 0 Å². The van der Waals surface area contributed by atoms with Crippen molar-refractivity contribution in [1.29, 1.82) is 0 Å². The van der Waals surface area contributed by atoms with Crippen molar-refractivity contribution in [2.24, 2.45) is 0 Å². The van der Waals surface area contributed by atoms with E-state index in [0.717, 1.165) is 5.56 Å². The topological polar surface area (TPSA) is 66.4 Å². The number of aliphatic hydroxyl groups is 1. The predicted molar refractivity (Wildman–Crippen MR) is 88.8 cm³/mol. The van der Waals surface area contributed by atoms with Gasteiger partial charge in [-0.1, -0.05) is 53.5 Å². The number of carbonyl (C=O) groups is 2. The molecule has 1 heterocycles. The molecule has 6 heteroatoms. The highest BCUT2D eigenvalue weighted by atomic mass is 35.5. The molecule has 1 atom stereocenters. The van der Waals surface area contributed by atoms with Gasteiger partial charge in [0.1, 0.15) is 5.78 Å². The van der Waals surface area contributed by atoms with E-state index in [1.807, 2.05) is 30.3 Å². The number of nitrogens with one attached hydrogen (secondary N) is 1. The Morgan fingerprint density at radius 3 is 2.57 bits per heavy atom. The minimum absolute atomic E-state index is 0.136. The number of fused-ring (bicyclic) bond motifs is 1. The third-order valence-corrected chi connectivity index (χ3v) is 4.31. The minimum atomic E-state index is -1.97. The van der Waals surface area contributed by atoms with Crippen LogP contribution in [0, 0.1) is 0 Å². The van der Waals surface area contributed by atoms with Gasteiger partial charge < -0.3 is 10.4 Å². The Labute approximate surface area is 143 Å². The molecule has 1 aliphatic heterocycles. The lowest BCUT2D eigenvalue weighted by molar-refractivity contribution is -0.139. The van der Waals surface area contributed by atoms with E-state index in [1.165, 1.54) is 12.1 Å². The van der Waals surface area contributed by atoms with Crippen molar-refractivity contribution in [1.82, 2.24) is 0 Å². The van der Waals surface area contributed by atoms with Gasteiger partial charge in [0.05, 0.1) is 10.7 Å². The summed E-state index contributed by atoms with van der Waals surface area (Å²) in [6.45, 7) is 0. The highest BCUT2D eigenvalue weighted by molar-refractivity contribution is 6.36. The van der Waals surface area contributed by atoms with Gasteiger partial charge in [-0.3, -0.25) is 9.59 Å². The molecule has 0 saturated carbocycles. The summed E-state index contributed by atoms with van der Waals surface area (Å²) >= 11 is 12.0. The second-order valence-corrected chi connectivity index (χ2v) is 6.35. The van der Waals surface area contributed by atoms with Gasteiger partial charge in [0.15, 0.2) is 5.60 Å². The summed E-state index contributed by atoms with van der Waals surface area (Å²) in [7, 11) is 0. The van der Waals surface area contributed by atoms with Crippen LogP contribution < -0.4 is 5.32 Å². The monoisotopic (exact) mass is 349 g/mol. The van der Waals surface area contributed by atoms with Crippen LogP contribution in [0.5, 0.6) is 0 Å². The summed E-state index contributed by atoms with van der Waals surface area (Å²) in [5.74, 6) is -0.925. The lowest BCUT2D eigenvalue weighted by atomic mass is 9.88. The molecular formula is C17H13Cl2NO3. The second-order valence-electron chi connectivity index (χ2n) is 5.50. The SMILES string of the molecule is O=C(Cc1ccccc1)C[C@]1(O)C(=O)Nc2cc(Cl)cc(Cl)c21. The van der Waals surface area contributed by atoms with Crippen molar-refractivity contribution in [2.45, 2.75) is 18.4 Å². The zero-order chi connectivity index (χ0) is 16.6. The minimum Gasteiger partial charge on any atom is -0.375 e. The number of anilines is 1. The van der Waals surface area contributed by atoms with Crippen molar-refractivity contribution < 1.29 is 14.7 Å². The van der Waals surface area contributed by atoms with E-state index in [-0.39, 0.29) is 29.2 Å². The molecule has 0 aromatic heterocycles. The molecular weight excluding hydrogens is 337 g/mol. The van der Waals surface area contributed by atoms with Crippen molar-refractivity contribution >= 4 is 40.6 Å². The number of hydrogen-bond donors (Lipinski definition) is 2. The Morgan fingerprint density at radius 1 is 1.17 bits per heavy atom. The van der Waals surface area contributed by atoms with E-state index in [0.29, 0.717) is 10.7 Å². The van der Waals surface area contributed by atoms with E-state index in [4.69, 9.17) is 23.2 Å². The number of ketones is 1. The third kappa shape index (κ3) is 2.98. The van der Waals surface area contributed by atoms with Crippen LogP contribution in [0.15, 0.2) is 42.5 Å². The molecule has 23 heavy (non-hydrogen) atoms. The third-order valence-electron chi connectivity index (χ3n) is 3.79. The molecule has 2 aromatic rings. The average Bonchev–Trinajstić information content (AvgIpc) is 2.70. The van der Waals surface area contributed by atoms with Gasteiger partial charge in [-0.05, 0) is 17.7 Å². The van der Waals surface area contributed by atoms with Gasteiger partial charge in [-0.2, -0.15) is 0 Å². The van der Waals surface area contributed by atoms with Crippen LogP contribution in [0.3, 0.4) is 0 Å². The predicted octanol–water partition coefficient (Wildman–Crippen LogP) is 3.34. The number of halogens is 2. The van der Waals surface area contributed by atoms with E-state index in [1.54, 1.807) is 0 Å². The Hall–Kier alpha value is -1.88. The van der Waals surface area contributed by atoms with Gasteiger partial charge in [0.25, 0.3) is 5.91 Å². The molecule has 0 bridgehead atoms. The van der Waals surface area contributed by atoms with Gasteiger partial charge in [-0.15, -0.1) is 0 Å². The molecule has 1 aliphatic rings. The zero-order valence-electron chi connectivity index (χ0n) is 12.0. The molecule has 0 unspecified atom stereocenters. The number of rotatable bonds is 4. The molecule has 0 fully saturated rings. The second kappa shape index (κ2) is 5.96. The van der Waals surface area contributed by atoms with Crippen LogP contribution in [0.4, 0.5) is 5.69 Å². The molecule has 118 valence electrons. The number of amides is 1. The molecule has 2 aromatic carbocycles. The van der Waals surface area contributed by atoms with Crippen LogP contribution in [0.2, 0.25) is 10.0 Å². The Balaban J connectivity index is 1.88. The van der Waals surface area contributed by atoms with E-state index in [2.05, 4.69) is 5.32 Å². The molecule has 2 N–H and O–H groups in total. The Bertz CT molecular complexity index is 792. The summed E-state index contributed by atoms with van der Waals surface area (Å²) in [4.78, 5) is 24.5. The number of carbonyl (C=O) groups excluding carboxylic acids is 2. The molecule has 0 aliphatic carbocycles. The first-order chi connectivity index (χ1) is 10.9. The van der Waals surface area contributed by atoms with Crippen LogP contribution in [-0.2, 0) is 21.6 Å². The van der Waals surface area contributed by atoms with Crippen molar-refractivity contribution in [2.75, 3.05) is 5.32 Å². The smallest absolute Gasteiger partial charge is 0.261 e. The summed E-state index contributed by atoms with van der Waals surface area (Å²) in [5, 5.41) is 13.8. The summed E-state index contributed by atoms with van der Waals surface area (Å²) in [6.07, 6.45) is -0.209. The molecule has 1 amide bonds. The normalized spacial score (nSPS) is 19.3. The van der Waals surface area contributed by atoms with Crippen LogP contribution in [0.25, 0.3) is 0 Å². The summed E-state index contributed by atoms with van der Waals surface area (Å²) < 4.78 is 0. The van der Waals surface area contributed by atoms with Gasteiger partial charge >= 0.3 is 0 Å². The molecule has 0 spiro atoms. The summed E-state index contributed by atoms with van der Waals surface area (Å²) in [5.41, 5.74) is -0.609. The highest BCUT2D eigenvalue weighted by Crippen LogP contribution is 2.44. The fraction of sp³-hybridized carbons (Fsp3) is 0.176. The molecule has 4 nitrogen and oxygen atoms in total. The lowest BCUT2D eigenvalue weighted by Gasteiger charge is -2.21. The first-order valence-corrected chi connectivity index (χ1v) is 7.75. The highest BCUT2D eigenvalue weighted by Gasteiger charge is 2.48. The first-order valence-electron chi connectivity index (χ1n) is 6.99. The Morgan fingerprint density at radius 2 is 1.87 bits per heavy atom. The molecule has 3 rings (SSSR count). The largest absolute Gasteiger partial charge is 0.375 e. The van der Waals surface area contributed by atoms with Crippen LogP contribution in [-0.4, -0.2) is 16.8 Å². The van der Waals surface area contributed by atoms with Crippen molar-refractivity contribution in [3.63, 3.8) is 0 Å². The van der Waals surface area contributed by atoms with Crippen LogP contribution in [0.1, 0.15) is 17.5 Å². The summed E-state index contributed by atoms with van der Waals surface area (Å²) in [6, 6.07) is 12.1. The standard InChI is InChI=1S/C17H13Cl2NO3/c18-11-7-13(19)15-14(8-11)20-16(22)17(15,23)9-12(21)6-10-4-2-1-3-5-10/h1-5,7-8,23H,6,9H2,(H,20,22)/t17-/m1/s1. The maximum atomic E-state index is 12.3. The fourth-order valence-corrected chi connectivity index (χ4v) is 3.42. The number of hydrogen-bond acceptors (Lipinski definition) is 3. The van der Waals surface area contributed by atoms with Gasteiger partial charge in [0.2, 0.25) is 0 Å². The fourth-order valence-electron chi connectivity index (χ4n) is 2.77. The number of Topliss-reactive ketones (excluding diaryl/α,β-unsaturated/α-hetero) is 1. The molecule has 0 saturated heterocycles. The van der Waals surface area contributed by atoms with Crippen LogP contribution >= 0.6 is 23.2 Å². The molecule has 0 radical (unpaired) electrons. The Kier molecular flexibility index (Phi) is 4.15. The quantitative estimate of drug-likeness (QED) is 0.889. The van der Waals surface area contributed by atoms with Crippen molar-refractivity contribution in [3.05, 3.63) is 63.6 Å². The maximum absolute atomic E-state index is 12.3. The van der Waals surface area contributed by atoms with Crippen molar-refractivity contribution in [3.8, 4) is 0 Å². The van der Waals surface area contributed by atoms with Gasteiger partial charge in [0, 0.05) is 23.4 Å². The average molecular weight is 350 g/mol. The number of benzene rings is 2. The van der Waals surface area contributed by atoms with E-state index >= 15 is 0 Å². The zero-order valence-corrected chi connectivity index (χ0v) is 13.5. The lowest BCUT2D eigenvalue weighted by Crippen LogP contribution is -2.37.